The fraction of sp³-hybridized carbons (Fsp3) is 0.489. The Morgan fingerprint density at radius 1 is 0.700 bits per heavy atom. The first-order valence-corrected chi connectivity index (χ1v) is 20.5. The number of nitrogens with one attached hydrogen (secondary N) is 1. The SMILES string of the molecule is Cc1cc2ncc(C#N)c(N3CCCN(C(=O)CCN)CC3)c2cc1C.Cc1cc2ncc(C#N)c(N3CCCN(C(=O)CCNC(=O)OC(C)(C)C)CC3)c2cc1C.Cl. The number of nitrogens with zero attached hydrogens (tertiary/aromatic N) is 8. The number of anilines is 2. The zero-order chi connectivity index (χ0) is 42.9. The quantitative estimate of drug-likeness (QED) is 0.216. The van der Waals surface area contributed by atoms with Crippen LogP contribution in [0.1, 0.15) is 79.8 Å². The van der Waals surface area contributed by atoms with Crippen LogP contribution < -0.4 is 20.9 Å². The predicted octanol–water partition coefficient (Wildman–Crippen LogP) is 6.21. The number of aromatic nitrogens is 2. The van der Waals surface area contributed by atoms with Gasteiger partial charge in [0.1, 0.15) is 17.7 Å². The number of carbonyl (C=O) groups is 3. The molecule has 2 aromatic heterocycles. The van der Waals surface area contributed by atoms with E-state index in [1.165, 1.54) is 16.7 Å². The standard InChI is InChI=1S/C25H33N5O3.C20H25N5O.ClH/c1-17-13-20-21(14-18(17)2)28-16-19(15-26)23(20)30-10-6-9-29(11-12-30)22(31)7-8-27-24(32)33-25(3,4)5;1-14-10-17-18(11-15(14)2)23-13-16(12-22)20(17)25-7-3-6-24(8-9-25)19(26)4-5-21;/h13-14,16H,6-12H2,1-5H3,(H,27,32);10-11,13H,3-9,21H2,1-2H3;1H. The molecule has 0 spiro atoms. The molecule has 2 aliphatic rings. The molecule has 15 heteroatoms. The highest BCUT2D eigenvalue weighted by Gasteiger charge is 2.25. The van der Waals surface area contributed by atoms with E-state index in [4.69, 9.17) is 10.5 Å². The third-order valence-electron chi connectivity index (χ3n) is 10.8. The molecule has 6 rings (SSSR count). The molecule has 14 nitrogen and oxygen atoms in total. The number of aryl methyl sites for hydroxylation is 4. The summed E-state index contributed by atoms with van der Waals surface area (Å²) in [6, 6.07) is 12.9. The van der Waals surface area contributed by atoms with E-state index in [0.717, 1.165) is 71.2 Å². The number of amides is 3. The summed E-state index contributed by atoms with van der Waals surface area (Å²) in [6.45, 7) is 19.8. The highest BCUT2D eigenvalue weighted by Crippen LogP contribution is 2.33. The van der Waals surface area contributed by atoms with Gasteiger partial charge >= 0.3 is 6.09 Å². The Morgan fingerprint density at radius 2 is 1.13 bits per heavy atom. The van der Waals surface area contributed by atoms with Gasteiger partial charge in [-0.3, -0.25) is 19.6 Å². The Bertz CT molecular complexity index is 2280. The number of nitriles is 2. The van der Waals surface area contributed by atoms with Crippen LogP contribution >= 0.6 is 12.4 Å². The van der Waals surface area contributed by atoms with Crippen LogP contribution in [-0.4, -0.2) is 109 Å². The zero-order valence-corrected chi connectivity index (χ0v) is 36.9. The zero-order valence-electron chi connectivity index (χ0n) is 36.1. The van der Waals surface area contributed by atoms with Crippen LogP contribution in [0.3, 0.4) is 0 Å². The molecule has 2 saturated heterocycles. The smallest absolute Gasteiger partial charge is 0.407 e. The molecule has 3 amide bonds. The number of hydrogen-bond donors (Lipinski definition) is 2. The molecular weight excluding hydrogens is 780 g/mol. The number of alkyl carbamates (subject to hydrolysis) is 1. The molecule has 2 fully saturated rings. The summed E-state index contributed by atoms with van der Waals surface area (Å²) in [5, 5.41) is 24.0. The Morgan fingerprint density at radius 3 is 1.55 bits per heavy atom. The molecule has 0 radical (unpaired) electrons. The highest BCUT2D eigenvalue weighted by molar-refractivity contribution is 5.96. The molecule has 4 heterocycles. The number of halogens is 1. The van der Waals surface area contributed by atoms with Crippen LogP contribution in [0, 0.1) is 50.4 Å². The van der Waals surface area contributed by atoms with Crippen LogP contribution in [0.25, 0.3) is 21.8 Å². The van der Waals surface area contributed by atoms with Gasteiger partial charge < -0.3 is 35.4 Å². The van der Waals surface area contributed by atoms with Gasteiger partial charge in [-0.25, -0.2) is 4.79 Å². The van der Waals surface area contributed by atoms with Gasteiger partial charge in [-0.1, -0.05) is 0 Å². The molecule has 2 aliphatic heterocycles. The van der Waals surface area contributed by atoms with E-state index >= 15 is 0 Å². The highest BCUT2D eigenvalue weighted by atomic mass is 35.5. The minimum Gasteiger partial charge on any atom is -0.444 e. The second kappa shape index (κ2) is 21.0. The number of ether oxygens (including phenoxy) is 1. The summed E-state index contributed by atoms with van der Waals surface area (Å²) >= 11 is 0. The van der Waals surface area contributed by atoms with Crippen LogP contribution in [0.2, 0.25) is 0 Å². The molecule has 0 atom stereocenters. The van der Waals surface area contributed by atoms with Gasteiger partial charge in [-0.15, -0.1) is 12.4 Å². The van der Waals surface area contributed by atoms with Crippen LogP contribution in [-0.2, 0) is 14.3 Å². The Balaban J connectivity index is 0.000000267. The van der Waals surface area contributed by atoms with E-state index in [9.17, 15) is 24.9 Å². The lowest BCUT2D eigenvalue weighted by Gasteiger charge is -2.26. The van der Waals surface area contributed by atoms with Crippen molar-refractivity contribution in [3.05, 3.63) is 70.0 Å². The second-order valence-electron chi connectivity index (χ2n) is 16.3. The molecule has 4 aromatic rings. The lowest BCUT2D eigenvalue weighted by molar-refractivity contribution is -0.131. The first-order valence-electron chi connectivity index (χ1n) is 20.5. The van der Waals surface area contributed by atoms with E-state index in [-0.39, 0.29) is 37.2 Å². The molecular formula is C45H59ClN10O4. The number of carbonyl (C=O) groups excluding carboxylic acids is 3. The van der Waals surface area contributed by atoms with Crippen molar-refractivity contribution < 1.29 is 19.1 Å². The maximum atomic E-state index is 12.7. The normalized spacial score (nSPS) is 14.5. The van der Waals surface area contributed by atoms with Gasteiger partial charge in [0.15, 0.2) is 0 Å². The average Bonchev–Trinajstić information content (AvgIpc) is 3.59. The van der Waals surface area contributed by atoms with Crippen molar-refractivity contribution in [2.45, 2.75) is 79.8 Å². The van der Waals surface area contributed by atoms with Crippen molar-refractivity contribution in [3.63, 3.8) is 0 Å². The van der Waals surface area contributed by atoms with Gasteiger partial charge in [-0.05, 0) is 108 Å². The third kappa shape index (κ3) is 11.7. The summed E-state index contributed by atoms with van der Waals surface area (Å²) in [5.41, 5.74) is 14.4. The van der Waals surface area contributed by atoms with E-state index in [2.05, 4.69) is 89.2 Å². The summed E-state index contributed by atoms with van der Waals surface area (Å²) in [7, 11) is 0. The maximum Gasteiger partial charge on any atom is 0.407 e. The minimum absolute atomic E-state index is 0. The molecule has 2 aromatic carbocycles. The number of pyridine rings is 2. The lowest BCUT2D eigenvalue weighted by atomic mass is 10.0. The van der Waals surface area contributed by atoms with E-state index in [1.54, 1.807) is 33.2 Å². The first-order chi connectivity index (χ1) is 28.1. The Kier molecular flexibility index (Phi) is 16.5. The number of nitrogens with two attached hydrogens (primary N) is 1. The first kappa shape index (κ1) is 47.0. The van der Waals surface area contributed by atoms with Crippen LogP contribution in [0.15, 0.2) is 36.7 Å². The molecule has 0 bridgehead atoms. The molecule has 3 N–H and O–H groups in total. The number of benzene rings is 2. The van der Waals surface area contributed by atoms with E-state index < -0.39 is 11.7 Å². The topological polar surface area (TPSA) is 185 Å². The third-order valence-corrected chi connectivity index (χ3v) is 10.8. The maximum absolute atomic E-state index is 12.7. The molecule has 0 aliphatic carbocycles. The average molecular weight is 839 g/mol. The number of rotatable bonds is 7. The summed E-state index contributed by atoms with van der Waals surface area (Å²) in [5.74, 6) is 0.111. The lowest BCUT2D eigenvalue weighted by Crippen LogP contribution is -2.38. The van der Waals surface area contributed by atoms with Crippen LogP contribution in [0.5, 0.6) is 0 Å². The fourth-order valence-corrected chi connectivity index (χ4v) is 7.53. The van der Waals surface area contributed by atoms with Crippen LogP contribution in [0.4, 0.5) is 16.2 Å². The summed E-state index contributed by atoms with van der Waals surface area (Å²) in [4.78, 5) is 53.8. The molecule has 60 heavy (non-hydrogen) atoms. The van der Waals surface area contributed by atoms with Gasteiger partial charge in [0, 0.05) is 101 Å². The van der Waals surface area contributed by atoms with Crippen molar-refractivity contribution in [2.75, 3.05) is 75.2 Å². The van der Waals surface area contributed by atoms with E-state index in [1.807, 2.05) is 9.80 Å². The van der Waals surface area contributed by atoms with Crippen molar-refractivity contribution in [2.24, 2.45) is 5.73 Å². The van der Waals surface area contributed by atoms with E-state index in [0.29, 0.717) is 56.8 Å². The molecule has 0 saturated carbocycles. The fourth-order valence-electron chi connectivity index (χ4n) is 7.53. The van der Waals surface area contributed by atoms with Gasteiger partial charge in [0.2, 0.25) is 11.8 Å². The van der Waals surface area contributed by atoms with Gasteiger partial charge in [0.25, 0.3) is 0 Å². The largest absolute Gasteiger partial charge is 0.444 e. The minimum atomic E-state index is -0.570. The van der Waals surface area contributed by atoms with Gasteiger partial charge in [0.05, 0.1) is 33.5 Å². The Hall–Kier alpha value is -5.70. The molecule has 0 unspecified atom stereocenters. The summed E-state index contributed by atoms with van der Waals surface area (Å²) < 4.78 is 5.21. The Labute approximate surface area is 360 Å². The monoisotopic (exact) mass is 838 g/mol. The van der Waals surface area contributed by atoms with Crippen molar-refractivity contribution in [3.8, 4) is 12.1 Å². The summed E-state index contributed by atoms with van der Waals surface area (Å²) in [6.07, 6.45) is 5.06. The molecule has 320 valence electrons. The number of fused-ring (bicyclic) bond motifs is 2. The van der Waals surface area contributed by atoms with Crippen molar-refractivity contribution >= 4 is 63.5 Å². The van der Waals surface area contributed by atoms with Gasteiger partial charge in [-0.2, -0.15) is 10.5 Å². The van der Waals surface area contributed by atoms with Crippen molar-refractivity contribution in [1.29, 1.82) is 10.5 Å². The second-order valence-corrected chi connectivity index (χ2v) is 16.3. The predicted molar refractivity (Wildman–Crippen MR) is 238 cm³/mol. The number of hydrogen-bond acceptors (Lipinski definition) is 11. The van der Waals surface area contributed by atoms with Crippen molar-refractivity contribution in [1.82, 2.24) is 25.1 Å².